The van der Waals surface area contributed by atoms with Crippen LogP contribution in [0.3, 0.4) is 0 Å². The van der Waals surface area contributed by atoms with E-state index in [4.69, 9.17) is 9.47 Å². The van der Waals surface area contributed by atoms with Crippen molar-refractivity contribution in [2.75, 3.05) is 38.2 Å². The Kier molecular flexibility index (Phi) is 6.33. The van der Waals surface area contributed by atoms with E-state index in [-0.39, 0.29) is 5.75 Å². The number of hydrogen-bond donors (Lipinski definition) is 3. The number of carbonyl (C=O) groups excluding carboxylic acids is 1. The molecule has 1 aliphatic heterocycles. The highest BCUT2D eigenvalue weighted by Gasteiger charge is 2.23. The fourth-order valence-corrected chi connectivity index (χ4v) is 2.97. The van der Waals surface area contributed by atoms with Crippen molar-refractivity contribution in [3.05, 3.63) is 54.1 Å². The molecule has 8 heteroatoms. The molecule has 1 amide bonds. The van der Waals surface area contributed by atoms with E-state index in [1.807, 2.05) is 6.07 Å². The van der Waals surface area contributed by atoms with Crippen molar-refractivity contribution >= 4 is 17.6 Å². The third-order valence-electron chi connectivity index (χ3n) is 4.39. The van der Waals surface area contributed by atoms with Crippen molar-refractivity contribution in [3.8, 4) is 11.5 Å². The molecule has 0 saturated carbocycles. The molecule has 28 heavy (non-hydrogen) atoms. The van der Waals surface area contributed by atoms with Gasteiger partial charge in [0.25, 0.3) is 12.1 Å². The van der Waals surface area contributed by atoms with Crippen molar-refractivity contribution in [2.45, 2.75) is 6.23 Å². The third-order valence-corrected chi connectivity index (χ3v) is 4.39. The van der Waals surface area contributed by atoms with E-state index in [0.29, 0.717) is 11.3 Å². The second-order valence-electron chi connectivity index (χ2n) is 6.25. The highest BCUT2D eigenvalue weighted by molar-refractivity contribution is 5.96. The van der Waals surface area contributed by atoms with Crippen molar-refractivity contribution < 1.29 is 24.2 Å². The number of aliphatic carboxylic acids is 1. The minimum absolute atomic E-state index is 0.288. The van der Waals surface area contributed by atoms with E-state index in [1.54, 1.807) is 49.6 Å². The molecule has 1 fully saturated rings. The molecule has 1 saturated heterocycles. The molecule has 0 spiro atoms. The molecule has 0 radical (unpaired) electrons. The lowest BCUT2D eigenvalue weighted by Gasteiger charge is -2.30. The number of amides is 1. The third kappa shape index (κ3) is 4.72. The number of carboxylic acid groups (broad SMARTS) is 1. The monoisotopic (exact) mass is 385 g/mol. The second kappa shape index (κ2) is 9.09. The summed E-state index contributed by atoms with van der Waals surface area (Å²) < 4.78 is 11.0. The first-order chi connectivity index (χ1) is 13.6. The molecule has 0 aliphatic carbocycles. The van der Waals surface area contributed by atoms with Crippen molar-refractivity contribution in [2.24, 2.45) is 0 Å². The van der Waals surface area contributed by atoms with Crippen LogP contribution >= 0.6 is 0 Å². The first-order valence-electron chi connectivity index (χ1n) is 8.97. The van der Waals surface area contributed by atoms with Crippen LogP contribution in [0.4, 0.5) is 5.69 Å². The summed E-state index contributed by atoms with van der Waals surface area (Å²) in [6.45, 7) is 3.46. The average molecular weight is 385 g/mol. The molecule has 3 rings (SSSR count). The zero-order valence-electron chi connectivity index (χ0n) is 15.6. The van der Waals surface area contributed by atoms with Gasteiger partial charge in [0.1, 0.15) is 11.5 Å². The summed E-state index contributed by atoms with van der Waals surface area (Å²) in [6, 6.07) is 13.5. The number of carboxylic acids is 1. The summed E-state index contributed by atoms with van der Waals surface area (Å²) in [6.07, 6.45) is -1.53. The summed E-state index contributed by atoms with van der Waals surface area (Å²) in [5.41, 5.74) is 1.26. The Bertz CT molecular complexity index is 822. The van der Waals surface area contributed by atoms with Gasteiger partial charge >= 0.3 is 5.97 Å². The van der Waals surface area contributed by atoms with Gasteiger partial charge in [-0.05, 0) is 24.3 Å². The average Bonchev–Trinajstić information content (AvgIpc) is 2.74. The second-order valence-corrected chi connectivity index (χ2v) is 6.25. The number of piperazine rings is 1. The van der Waals surface area contributed by atoms with Gasteiger partial charge in [-0.2, -0.15) is 0 Å². The fourth-order valence-electron chi connectivity index (χ4n) is 2.97. The zero-order valence-corrected chi connectivity index (χ0v) is 15.6. The van der Waals surface area contributed by atoms with Gasteiger partial charge in [-0.15, -0.1) is 0 Å². The van der Waals surface area contributed by atoms with Crippen LogP contribution in [0.15, 0.2) is 48.5 Å². The number of nitrogens with zero attached hydrogens (tertiary/aromatic N) is 1. The first kappa shape index (κ1) is 19.5. The molecule has 2 aromatic carbocycles. The van der Waals surface area contributed by atoms with Crippen molar-refractivity contribution in [3.63, 3.8) is 0 Å². The molecular weight excluding hydrogens is 362 g/mol. The standard InChI is InChI=1S/C20H23N3O5/c1-27-17-13-15(7-8-16(17)23-11-9-21-10-12-23)28-19(20(25)26)22-18(24)14-5-3-2-4-6-14/h2-8,13,19,21H,9-12H2,1H3,(H,22,24)(H,25,26). The SMILES string of the molecule is COc1cc(OC(NC(=O)c2ccccc2)C(=O)O)ccc1N1CCNCC1. The fraction of sp³-hybridized carbons (Fsp3) is 0.300. The molecule has 0 bridgehead atoms. The van der Waals surface area contributed by atoms with E-state index < -0.39 is 18.1 Å². The summed E-state index contributed by atoms with van der Waals surface area (Å²) >= 11 is 0. The molecule has 3 N–H and O–H groups in total. The number of ether oxygens (including phenoxy) is 2. The van der Waals surface area contributed by atoms with Crippen LogP contribution in [0.2, 0.25) is 0 Å². The maximum absolute atomic E-state index is 12.2. The highest BCUT2D eigenvalue weighted by Crippen LogP contribution is 2.32. The molecule has 8 nitrogen and oxygen atoms in total. The summed E-state index contributed by atoms with van der Waals surface area (Å²) in [5.74, 6) is -0.957. The molecule has 2 aromatic rings. The number of benzene rings is 2. The van der Waals surface area contributed by atoms with Gasteiger partial charge in [0.05, 0.1) is 12.8 Å². The largest absolute Gasteiger partial charge is 0.494 e. The van der Waals surface area contributed by atoms with Gasteiger partial charge in [0, 0.05) is 37.8 Å². The minimum atomic E-state index is -1.53. The predicted molar refractivity (Wildman–Crippen MR) is 104 cm³/mol. The Labute approximate surface area is 163 Å². The summed E-state index contributed by atoms with van der Waals surface area (Å²) in [5, 5.41) is 15.1. The maximum Gasteiger partial charge on any atom is 0.366 e. The van der Waals surface area contributed by atoms with Crippen LogP contribution < -0.4 is 25.0 Å². The predicted octanol–water partition coefficient (Wildman–Crippen LogP) is 1.32. The Hall–Kier alpha value is -3.26. The van der Waals surface area contributed by atoms with Crippen LogP contribution in [0, 0.1) is 0 Å². The van der Waals surface area contributed by atoms with Crippen LogP contribution in [0.25, 0.3) is 0 Å². The van der Waals surface area contributed by atoms with E-state index >= 15 is 0 Å². The molecule has 148 valence electrons. The van der Waals surface area contributed by atoms with Crippen LogP contribution in [0.1, 0.15) is 10.4 Å². The number of rotatable bonds is 7. The Morgan fingerprint density at radius 2 is 1.86 bits per heavy atom. The van der Waals surface area contributed by atoms with Gasteiger partial charge in [0.15, 0.2) is 0 Å². The minimum Gasteiger partial charge on any atom is -0.494 e. The molecule has 1 aliphatic rings. The zero-order chi connectivity index (χ0) is 19.9. The molecule has 1 unspecified atom stereocenters. The van der Waals surface area contributed by atoms with E-state index in [1.165, 1.54) is 0 Å². The smallest absolute Gasteiger partial charge is 0.366 e. The van der Waals surface area contributed by atoms with Crippen molar-refractivity contribution in [1.29, 1.82) is 0 Å². The van der Waals surface area contributed by atoms with Gasteiger partial charge in [-0.3, -0.25) is 4.79 Å². The highest BCUT2D eigenvalue weighted by atomic mass is 16.5. The Morgan fingerprint density at radius 3 is 2.50 bits per heavy atom. The van der Waals surface area contributed by atoms with Crippen molar-refractivity contribution in [1.82, 2.24) is 10.6 Å². The maximum atomic E-state index is 12.2. The van der Waals surface area contributed by atoms with Gasteiger partial charge in [0.2, 0.25) is 0 Å². The normalized spacial score (nSPS) is 14.8. The van der Waals surface area contributed by atoms with Crippen LogP contribution in [0.5, 0.6) is 11.5 Å². The number of hydrogen-bond acceptors (Lipinski definition) is 6. The topological polar surface area (TPSA) is 100 Å². The first-order valence-corrected chi connectivity index (χ1v) is 8.97. The van der Waals surface area contributed by atoms with Crippen LogP contribution in [-0.2, 0) is 4.79 Å². The number of nitrogens with one attached hydrogen (secondary N) is 2. The number of anilines is 1. The summed E-state index contributed by atoms with van der Waals surface area (Å²) in [7, 11) is 1.55. The van der Waals surface area contributed by atoms with E-state index in [9.17, 15) is 14.7 Å². The molecular formula is C20H23N3O5. The number of methoxy groups -OCH3 is 1. The summed E-state index contributed by atoms with van der Waals surface area (Å²) in [4.78, 5) is 26.0. The molecule has 0 aromatic heterocycles. The van der Waals surface area contributed by atoms with Gasteiger partial charge in [-0.25, -0.2) is 4.79 Å². The lowest BCUT2D eigenvalue weighted by atomic mass is 10.2. The molecule has 1 atom stereocenters. The number of carbonyl (C=O) groups is 2. The van der Waals surface area contributed by atoms with Gasteiger partial charge < -0.3 is 30.1 Å². The Balaban J connectivity index is 1.74. The lowest BCUT2D eigenvalue weighted by Crippen LogP contribution is -2.45. The van der Waals surface area contributed by atoms with Crippen LogP contribution in [-0.4, -0.2) is 56.5 Å². The Morgan fingerprint density at radius 1 is 1.14 bits per heavy atom. The quantitative estimate of drug-likeness (QED) is 0.618. The molecule has 1 heterocycles. The van der Waals surface area contributed by atoms with E-state index in [2.05, 4.69) is 15.5 Å². The van der Waals surface area contributed by atoms with Gasteiger partial charge in [-0.1, -0.05) is 18.2 Å². The lowest BCUT2D eigenvalue weighted by molar-refractivity contribution is -0.146. The van der Waals surface area contributed by atoms with E-state index in [0.717, 1.165) is 31.9 Å².